The minimum atomic E-state index is -0.465. The van der Waals surface area contributed by atoms with E-state index in [4.69, 9.17) is 21.0 Å². The molecule has 0 saturated carbocycles. The topological polar surface area (TPSA) is 92.4 Å². The van der Waals surface area contributed by atoms with Gasteiger partial charge in [0.1, 0.15) is 11.6 Å². The summed E-state index contributed by atoms with van der Waals surface area (Å²) >= 11 is 6.01. The number of hydrogen-bond acceptors (Lipinski definition) is 9. The van der Waals surface area contributed by atoms with E-state index in [0.29, 0.717) is 48.7 Å². The number of nitrogens with zero attached hydrogens (tertiary/aromatic N) is 6. The highest BCUT2D eigenvalue weighted by atomic mass is 35.5. The number of aryl methyl sites for hydroxylation is 1. The second kappa shape index (κ2) is 11.8. The van der Waals surface area contributed by atoms with Crippen LogP contribution in [0, 0.1) is 17.6 Å². The maximum atomic E-state index is 14.4. The van der Waals surface area contributed by atoms with E-state index in [-0.39, 0.29) is 18.1 Å². The van der Waals surface area contributed by atoms with Crippen molar-refractivity contribution in [3.05, 3.63) is 53.6 Å². The number of benzene rings is 1. The van der Waals surface area contributed by atoms with E-state index in [1.807, 2.05) is 11.8 Å². The minimum absolute atomic E-state index is 0.00206. The van der Waals surface area contributed by atoms with Gasteiger partial charge in [0, 0.05) is 44.6 Å². The molecule has 5 rings (SSSR count). The van der Waals surface area contributed by atoms with Crippen LogP contribution in [0.3, 0.4) is 0 Å². The first-order valence-corrected chi connectivity index (χ1v) is 13.4. The maximum Gasteiger partial charge on any atom is 0.324 e. The molecule has 1 N–H and O–H groups in total. The summed E-state index contributed by atoms with van der Waals surface area (Å²) in [5.74, 6) is 1.10. The molecule has 2 fully saturated rings. The molecular weight excluding hydrogens is 516 g/mol. The molecule has 4 heterocycles. The van der Waals surface area contributed by atoms with E-state index in [0.717, 1.165) is 50.3 Å². The van der Waals surface area contributed by atoms with Crippen LogP contribution in [-0.4, -0.2) is 58.4 Å². The Hall–Kier alpha value is -3.05. The summed E-state index contributed by atoms with van der Waals surface area (Å²) in [5.41, 5.74) is 0.329. The normalized spacial score (nSPS) is 21.5. The summed E-state index contributed by atoms with van der Waals surface area (Å²) in [5, 5.41) is 3.99. The third-order valence-electron chi connectivity index (χ3n) is 7.58. The predicted octanol–water partition coefficient (Wildman–Crippen LogP) is 4.49. The Morgan fingerprint density at radius 1 is 1.13 bits per heavy atom. The Morgan fingerprint density at radius 3 is 2.55 bits per heavy atom. The van der Waals surface area contributed by atoms with Gasteiger partial charge in [-0.15, -0.1) is 0 Å². The first-order valence-electron chi connectivity index (χ1n) is 13.1. The Balaban J connectivity index is 1.14. The highest BCUT2D eigenvalue weighted by molar-refractivity contribution is 6.13. The van der Waals surface area contributed by atoms with Gasteiger partial charge >= 0.3 is 6.01 Å². The molecule has 0 aliphatic carbocycles. The monoisotopic (exact) mass is 547 g/mol. The highest BCUT2D eigenvalue weighted by Gasteiger charge is 2.33. The van der Waals surface area contributed by atoms with Crippen LogP contribution >= 0.6 is 11.8 Å². The number of ether oxygens (including phenoxy) is 1. The first kappa shape index (κ1) is 26.6. The third kappa shape index (κ3) is 5.83. The molecule has 1 aromatic carbocycles. The van der Waals surface area contributed by atoms with E-state index < -0.39 is 11.6 Å². The predicted molar refractivity (Wildman–Crippen MR) is 139 cm³/mol. The lowest BCUT2D eigenvalue weighted by atomic mass is 9.85. The first-order chi connectivity index (χ1) is 18.4. The summed E-state index contributed by atoms with van der Waals surface area (Å²) in [7, 11) is 0. The van der Waals surface area contributed by atoms with E-state index >= 15 is 0 Å². The van der Waals surface area contributed by atoms with Gasteiger partial charge in [-0.2, -0.15) is 4.98 Å². The summed E-state index contributed by atoms with van der Waals surface area (Å²) in [6.45, 7) is 6.80. The van der Waals surface area contributed by atoms with Crippen LogP contribution in [0.25, 0.3) is 0 Å². The second-order valence-corrected chi connectivity index (χ2v) is 10.2. The van der Waals surface area contributed by atoms with E-state index in [2.05, 4.69) is 36.8 Å². The number of piperidine rings is 2. The van der Waals surface area contributed by atoms with Gasteiger partial charge in [-0.05, 0) is 67.6 Å². The average molecular weight is 548 g/mol. The quantitative estimate of drug-likeness (QED) is 0.409. The van der Waals surface area contributed by atoms with Gasteiger partial charge in [-0.1, -0.05) is 12.1 Å². The number of nitrogens with one attached hydrogen (secondary N) is 1. The van der Waals surface area contributed by atoms with Crippen molar-refractivity contribution < 1.29 is 18.0 Å². The molecule has 9 nitrogen and oxygen atoms in total. The smallest absolute Gasteiger partial charge is 0.324 e. The minimum Gasteiger partial charge on any atom is -0.487 e. The molecule has 2 aromatic heterocycles. The van der Waals surface area contributed by atoms with Crippen LogP contribution in [0.15, 0.2) is 35.1 Å². The highest BCUT2D eigenvalue weighted by Crippen LogP contribution is 2.33. The molecule has 0 bridgehead atoms. The number of halogens is 3. The Morgan fingerprint density at radius 2 is 1.87 bits per heavy atom. The Kier molecular flexibility index (Phi) is 8.23. The van der Waals surface area contributed by atoms with Crippen molar-refractivity contribution in [1.29, 1.82) is 0 Å². The number of aromatic nitrogens is 4. The van der Waals surface area contributed by atoms with Gasteiger partial charge in [0.2, 0.25) is 5.95 Å². The average Bonchev–Trinajstić information content (AvgIpc) is 3.44. The van der Waals surface area contributed by atoms with Crippen LogP contribution < -0.4 is 19.4 Å². The lowest BCUT2D eigenvalue weighted by molar-refractivity contribution is 0.131. The van der Waals surface area contributed by atoms with Crippen molar-refractivity contribution in [1.82, 2.24) is 24.9 Å². The molecule has 2 aliphatic heterocycles. The maximum absolute atomic E-state index is 14.4. The van der Waals surface area contributed by atoms with Crippen LogP contribution in [0.1, 0.15) is 50.4 Å². The molecule has 2 saturated heterocycles. The van der Waals surface area contributed by atoms with Crippen LogP contribution in [0.2, 0.25) is 0 Å². The van der Waals surface area contributed by atoms with Gasteiger partial charge < -0.3 is 19.1 Å². The SMILES string of the molecule is CCc1noc(N2CCC(C(C)Oc3cnc(N4CCC(c5cc(F)ccc5F)[C@@H](NCl)C4)nc3)CC2)n1. The van der Waals surface area contributed by atoms with Gasteiger partial charge in [0.15, 0.2) is 11.6 Å². The molecule has 0 spiro atoms. The molecule has 2 unspecified atom stereocenters. The molecule has 204 valence electrons. The van der Waals surface area contributed by atoms with Crippen molar-refractivity contribution in [2.45, 2.75) is 57.6 Å². The van der Waals surface area contributed by atoms with Crippen molar-refractivity contribution >= 4 is 23.7 Å². The van der Waals surface area contributed by atoms with Crippen molar-refractivity contribution in [3.8, 4) is 5.75 Å². The fourth-order valence-corrected chi connectivity index (χ4v) is 5.56. The molecule has 2 aliphatic rings. The van der Waals surface area contributed by atoms with E-state index in [9.17, 15) is 8.78 Å². The van der Waals surface area contributed by atoms with E-state index in [1.54, 1.807) is 12.4 Å². The van der Waals surface area contributed by atoms with Gasteiger partial charge in [0.25, 0.3) is 0 Å². The molecule has 12 heteroatoms. The van der Waals surface area contributed by atoms with Crippen molar-refractivity contribution in [2.24, 2.45) is 5.92 Å². The zero-order valence-corrected chi connectivity index (χ0v) is 22.2. The summed E-state index contributed by atoms with van der Waals surface area (Å²) in [6, 6.07) is 3.82. The summed E-state index contributed by atoms with van der Waals surface area (Å²) in [4.78, 5) is 20.3. The zero-order chi connectivity index (χ0) is 26.6. The van der Waals surface area contributed by atoms with E-state index in [1.165, 1.54) is 6.07 Å². The largest absolute Gasteiger partial charge is 0.487 e. The third-order valence-corrected chi connectivity index (χ3v) is 7.86. The summed E-state index contributed by atoms with van der Waals surface area (Å²) < 4.78 is 39.7. The van der Waals surface area contributed by atoms with Gasteiger partial charge in [-0.25, -0.2) is 23.6 Å². The standard InChI is InChI=1S/C26H32ClF2N7O2/c1-3-24-32-26(38-34-24)35-9-6-17(7-10-35)16(2)37-19-13-30-25(31-14-19)36-11-8-20(23(15-36)33-27)21-12-18(28)4-5-22(21)29/h4-5,12-14,16-17,20,23,33H,3,6-11,15H2,1-2H3/t16?,20?,23-/m0/s1. The summed E-state index contributed by atoms with van der Waals surface area (Å²) in [6.07, 6.45) is 6.60. The second-order valence-electron chi connectivity index (χ2n) is 9.94. The number of anilines is 2. The lowest BCUT2D eigenvalue weighted by Gasteiger charge is -2.38. The fraction of sp³-hybridized carbons (Fsp3) is 0.538. The van der Waals surface area contributed by atoms with Gasteiger partial charge in [0.05, 0.1) is 18.5 Å². The molecule has 38 heavy (non-hydrogen) atoms. The number of rotatable bonds is 8. The Labute approximate surface area is 225 Å². The van der Waals surface area contributed by atoms with Crippen LogP contribution in [0.4, 0.5) is 20.7 Å². The molecular formula is C26H32ClF2N7O2. The fourth-order valence-electron chi connectivity index (χ4n) is 5.34. The molecule has 3 aromatic rings. The van der Waals surface area contributed by atoms with Crippen LogP contribution in [0.5, 0.6) is 5.75 Å². The zero-order valence-electron chi connectivity index (χ0n) is 21.5. The lowest BCUT2D eigenvalue weighted by Crippen LogP contribution is -2.48. The van der Waals surface area contributed by atoms with Crippen molar-refractivity contribution in [3.63, 3.8) is 0 Å². The van der Waals surface area contributed by atoms with Crippen LogP contribution in [-0.2, 0) is 6.42 Å². The van der Waals surface area contributed by atoms with Crippen molar-refractivity contribution in [2.75, 3.05) is 36.0 Å². The Bertz CT molecular complexity index is 1210. The van der Waals surface area contributed by atoms with Gasteiger partial charge in [-0.3, -0.25) is 0 Å². The molecule has 3 atom stereocenters. The molecule has 0 amide bonds. The number of hydrogen-bond donors (Lipinski definition) is 1. The molecule has 0 radical (unpaired) electrons.